The molecule has 0 bridgehead atoms. The van der Waals surface area contributed by atoms with Crippen LogP contribution in [-0.2, 0) is 0 Å². The molecule has 0 aliphatic rings. The van der Waals surface area contributed by atoms with E-state index in [-0.39, 0.29) is 0 Å². The Morgan fingerprint density at radius 1 is 1.64 bits per heavy atom. The summed E-state index contributed by atoms with van der Waals surface area (Å²) in [6.07, 6.45) is 1.45. The first-order valence-electron chi connectivity index (χ1n) is 3.08. The Morgan fingerprint density at radius 3 is 2.91 bits per heavy atom. The van der Waals surface area contributed by atoms with Gasteiger partial charge in [0.2, 0.25) is 0 Å². The molecule has 0 saturated heterocycles. The third kappa shape index (κ3) is 1.70. The molecule has 1 rings (SSSR count). The quantitative estimate of drug-likeness (QED) is 0.641. The van der Waals surface area contributed by atoms with Crippen molar-refractivity contribution in [2.75, 3.05) is 7.11 Å². The van der Waals surface area contributed by atoms with Crippen molar-refractivity contribution in [2.45, 2.75) is 0 Å². The van der Waals surface area contributed by atoms with Crippen molar-refractivity contribution < 1.29 is 9.15 Å². The minimum atomic E-state index is -0.431. The Kier molecular flexibility index (Phi) is 2.11. The van der Waals surface area contributed by atoms with Crippen LogP contribution in [0.25, 0.3) is 6.08 Å². The molecule has 3 heteroatoms. The normalized spacial score (nSPS) is 9.18. The van der Waals surface area contributed by atoms with E-state index in [9.17, 15) is 4.79 Å². The van der Waals surface area contributed by atoms with Crippen molar-refractivity contribution in [3.8, 4) is 5.75 Å². The highest BCUT2D eigenvalue weighted by molar-refractivity contribution is 5.41. The van der Waals surface area contributed by atoms with Crippen LogP contribution in [0, 0.1) is 0 Å². The van der Waals surface area contributed by atoms with Crippen LogP contribution < -0.4 is 10.4 Å². The van der Waals surface area contributed by atoms with Crippen LogP contribution in [0.2, 0.25) is 0 Å². The zero-order chi connectivity index (χ0) is 8.27. The van der Waals surface area contributed by atoms with Crippen molar-refractivity contribution in [3.05, 3.63) is 34.9 Å². The van der Waals surface area contributed by atoms with E-state index in [1.807, 2.05) is 0 Å². The van der Waals surface area contributed by atoms with Crippen LogP contribution in [0.3, 0.4) is 0 Å². The van der Waals surface area contributed by atoms with Crippen molar-refractivity contribution in [1.82, 2.24) is 0 Å². The molecule has 0 aliphatic heterocycles. The Balaban J connectivity index is 3.22. The Hall–Kier alpha value is -1.51. The molecule has 0 saturated carbocycles. The smallest absolute Gasteiger partial charge is 0.339 e. The molecule has 0 aromatic carbocycles. The molecular formula is C8H8O3. The van der Waals surface area contributed by atoms with Gasteiger partial charge in [-0.3, -0.25) is 0 Å². The summed E-state index contributed by atoms with van der Waals surface area (Å²) in [5.74, 6) is 0.894. The number of ether oxygens (including phenoxy) is 1. The van der Waals surface area contributed by atoms with Crippen LogP contribution in [0.5, 0.6) is 5.75 Å². The fourth-order valence-electron chi connectivity index (χ4n) is 0.692. The van der Waals surface area contributed by atoms with E-state index >= 15 is 0 Å². The minimum absolute atomic E-state index is 0.411. The van der Waals surface area contributed by atoms with Gasteiger partial charge in [-0.2, -0.15) is 0 Å². The molecule has 0 fully saturated rings. The predicted molar refractivity (Wildman–Crippen MR) is 41.6 cm³/mol. The van der Waals surface area contributed by atoms with Gasteiger partial charge in [0.15, 0.2) is 0 Å². The average Bonchev–Trinajstić information content (AvgIpc) is 2.03. The predicted octanol–water partition coefficient (Wildman–Crippen LogP) is 1.29. The fraction of sp³-hybridized carbons (Fsp3) is 0.125. The molecular weight excluding hydrogens is 144 g/mol. The molecule has 11 heavy (non-hydrogen) atoms. The Labute approximate surface area is 63.9 Å². The van der Waals surface area contributed by atoms with E-state index in [1.54, 1.807) is 6.07 Å². The third-order valence-electron chi connectivity index (χ3n) is 1.20. The second-order valence-electron chi connectivity index (χ2n) is 1.92. The second-order valence-corrected chi connectivity index (χ2v) is 1.92. The second kappa shape index (κ2) is 3.05. The minimum Gasteiger partial charge on any atom is -0.496 e. The topological polar surface area (TPSA) is 39.4 Å². The summed E-state index contributed by atoms with van der Waals surface area (Å²) in [6.45, 7) is 3.46. The molecule has 1 heterocycles. The van der Waals surface area contributed by atoms with E-state index in [0.29, 0.717) is 11.5 Å². The summed E-state index contributed by atoms with van der Waals surface area (Å²) in [5, 5.41) is 0. The largest absolute Gasteiger partial charge is 0.496 e. The molecule has 1 aromatic rings. The first-order chi connectivity index (χ1) is 5.26. The zero-order valence-electron chi connectivity index (χ0n) is 6.16. The first-order valence-corrected chi connectivity index (χ1v) is 3.08. The number of hydrogen-bond acceptors (Lipinski definition) is 3. The number of methoxy groups -OCH3 is 1. The maximum atomic E-state index is 10.7. The van der Waals surface area contributed by atoms with Crippen LogP contribution in [0.4, 0.5) is 0 Å². The summed E-state index contributed by atoms with van der Waals surface area (Å²) in [4.78, 5) is 10.7. The molecule has 0 unspecified atom stereocenters. The molecule has 0 N–H and O–H groups in total. The van der Waals surface area contributed by atoms with Crippen LogP contribution >= 0.6 is 0 Å². The lowest BCUT2D eigenvalue weighted by molar-refractivity contribution is 0.400. The fourth-order valence-corrected chi connectivity index (χ4v) is 0.692. The van der Waals surface area contributed by atoms with Crippen LogP contribution in [0.15, 0.2) is 27.9 Å². The lowest BCUT2D eigenvalue weighted by Crippen LogP contribution is -1.98. The van der Waals surface area contributed by atoms with Gasteiger partial charge in [0.25, 0.3) is 0 Å². The molecule has 0 atom stereocenters. The lowest BCUT2D eigenvalue weighted by atomic mass is 10.4. The Bertz CT molecular complexity index is 311. The van der Waals surface area contributed by atoms with Gasteiger partial charge in [0.1, 0.15) is 11.5 Å². The van der Waals surface area contributed by atoms with Gasteiger partial charge in [0.05, 0.1) is 13.2 Å². The standard InChI is InChI=1S/C8H8O3/c1-3-6-4-7(10-2)5-8(9)11-6/h3-5H,1H2,2H3. The van der Waals surface area contributed by atoms with Gasteiger partial charge in [-0.05, 0) is 6.08 Å². The molecule has 0 spiro atoms. The van der Waals surface area contributed by atoms with Crippen molar-refractivity contribution in [1.29, 1.82) is 0 Å². The van der Waals surface area contributed by atoms with Gasteiger partial charge in [-0.15, -0.1) is 0 Å². The molecule has 0 radical (unpaired) electrons. The summed E-state index contributed by atoms with van der Waals surface area (Å²) in [5.41, 5.74) is -0.431. The SMILES string of the molecule is C=Cc1cc(OC)cc(=O)o1. The van der Waals surface area contributed by atoms with E-state index in [1.165, 1.54) is 19.3 Å². The molecule has 1 aromatic heterocycles. The summed E-state index contributed by atoms with van der Waals surface area (Å²) in [6, 6.07) is 2.86. The monoisotopic (exact) mass is 152 g/mol. The molecule has 0 aliphatic carbocycles. The van der Waals surface area contributed by atoms with E-state index in [0.717, 1.165) is 0 Å². The molecule has 3 nitrogen and oxygen atoms in total. The number of rotatable bonds is 2. The van der Waals surface area contributed by atoms with E-state index < -0.39 is 5.63 Å². The number of hydrogen-bond donors (Lipinski definition) is 0. The highest BCUT2D eigenvalue weighted by Crippen LogP contribution is 2.09. The third-order valence-corrected chi connectivity index (χ3v) is 1.20. The first kappa shape index (κ1) is 7.60. The summed E-state index contributed by atoms with van der Waals surface area (Å²) < 4.78 is 9.54. The maximum Gasteiger partial charge on any atom is 0.339 e. The van der Waals surface area contributed by atoms with E-state index in [2.05, 4.69) is 6.58 Å². The zero-order valence-corrected chi connectivity index (χ0v) is 6.16. The van der Waals surface area contributed by atoms with Gasteiger partial charge in [-0.25, -0.2) is 4.79 Å². The van der Waals surface area contributed by atoms with Gasteiger partial charge >= 0.3 is 5.63 Å². The maximum absolute atomic E-state index is 10.7. The van der Waals surface area contributed by atoms with Gasteiger partial charge < -0.3 is 9.15 Å². The lowest BCUT2D eigenvalue weighted by Gasteiger charge is -1.97. The van der Waals surface area contributed by atoms with Crippen LogP contribution in [0.1, 0.15) is 5.76 Å². The summed E-state index contributed by atoms with van der Waals surface area (Å²) in [7, 11) is 1.49. The van der Waals surface area contributed by atoms with Crippen LogP contribution in [-0.4, -0.2) is 7.11 Å². The highest BCUT2D eigenvalue weighted by Gasteiger charge is 1.96. The molecule has 58 valence electrons. The van der Waals surface area contributed by atoms with Gasteiger partial charge in [0, 0.05) is 6.07 Å². The van der Waals surface area contributed by atoms with Crippen molar-refractivity contribution >= 4 is 6.08 Å². The van der Waals surface area contributed by atoms with E-state index in [4.69, 9.17) is 9.15 Å². The summed E-state index contributed by atoms with van der Waals surface area (Å²) >= 11 is 0. The van der Waals surface area contributed by atoms with Crippen molar-refractivity contribution in [3.63, 3.8) is 0 Å². The van der Waals surface area contributed by atoms with Gasteiger partial charge in [-0.1, -0.05) is 6.58 Å². The van der Waals surface area contributed by atoms with Crippen molar-refractivity contribution in [2.24, 2.45) is 0 Å². The average molecular weight is 152 g/mol. The molecule has 0 amide bonds. The highest BCUT2D eigenvalue weighted by atomic mass is 16.5. The Morgan fingerprint density at radius 2 is 2.36 bits per heavy atom.